The molecule has 11 atom stereocenters. The van der Waals surface area contributed by atoms with E-state index in [4.69, 9.17) is 14.4 Å². The predicted molar refractivity (Wildman–Crippen MR) is 187 cm³/mol. The number of rotatable bonds is 9. The number of hydrogen-bond acceptors (Lipinski definition) is 0. The van der Waals surface area contributed by atoms with E-state index in [-0.39, 0.29) is 5.41 Å². The average Bonchev–Trinajstić information content (AvgIpc) is 3.04. The van der Waals surface area contributed by atoms with E-state index in [2.05, 4.69) is 52.5 Å². The molecule has 1 fully saturated rings. The Bertz CT molecular complexity index is 1130. The Morgan fingerprint density at radius 2 is 1.49 bits per heavy atom. The maximum Gasteiger partial charge on any atom is 0.0763 e. The molecule has 0 heterocycles. The van der Waals surface area contributed by atoms with Gasteiger partial charge in [0.1, 0.15) is 0 Å². The summed E-state index contributed by atoms with van der Waals surface area (Å²) < 4.78 is 0. The zero-order valence-corrected chi connectivity index (χ0v) is 28.5. The first-order valence-electron chi connectivity index (χ1n) is 19.0. The normalized spacial score (nSPS) is 39.6. The van der Waals surface area contributed by atoms with Gasteiger partial charge in [-0.2, -0.15) is 0 Å². The Morgan fingerprint density at radius 3 is 2.21 bits per heavy atom. The van der Waals surface area contributed by atoms with Crippen molar-refractivity contribution >= 4 is 7.85 Å². The lowest BCUT2D eigenvalue weighted by Crippen LogP contribution is -2.55. The molecule has 0 amide bonds. The molecule has 0 aliphatic heterocycles. The molecule has 0 saturated heterocycles. The van der Waals surface area contributed by atoms with Crippen LogP contribution in [-0.4, -0.2) is 7.85 Å². The standard InChI is InChI=1S/C42H63B/c1-7-17-28(4)30(6)42(29(5)26-27(3)8-2)37-24-15-13-22-35(37)40(36-23-14-16-25-38(36)42)39-31-18-9-11-20-33(31)41(43)34-21-12-10-19-32(34)39/h8,13,15,27-28,30-31,33,35,37,39-41H,2,5,7,9-12,14,16-26H2,1,3-4,6H3/t27?,28?,30?,31?,33?,35-,37?,39?,40?,41?,42?/m1/s1. The molecule has 234 valence electrons. The van der Waals surface area contributed by atoms with Gasteiger partial charge in [-0.3, -0.25) is 0 Å². The van der Waals surface area contributed by atoms with E-state index < -0.39 is 0 Å². The van der Waals surface area contributed by atoms with Gasteiger partial charge in [0.2, 0.25) is 0 Å². The quantitative estimate of drug-likeness (QED) is 0.189. The fourth-order valence-electron chi connectivity index (χ4n) is 12.5. The molecule has 2 radical (unpaired) electrons. The van der Waals surface area contributed by atoms with Crippen LogP contribution in [0.5, 0.6) is 0 Å². The van der Waals surface area contributed by atoms with Gasteiger partial charge < -0.3 is 0 Å². The third-order valence-electron chi connectivity index (χ3n) is 14.4. The van der Waals surface area contributed by atoms with Crippen molar-refractivity contribution in [1.82, 2.24) is 0 Å². The van der Waals surface area contributed by atoms with E-state index in [1.54, 1.807) is 11.1 Å². The largest absolute Gasteiger partial charge is 0.103 e. The van der Waals surface area contributed by atoms with Crippen LogP contribution < -0.4 is 0 Å². The lowest BCUT2D eigenvalue weighted by molar-refractivity contribution is -0.00237. The van der Waals surface area contributed by atoms with Crippen LogP contribution in [0.15, 0.2) is 59.3 Å². The molecule has 6 rings (SSSR count). The number of hydrogen-bond donors (Lipinski definition) is 0. The molecule has 0 aromatic heterocycles. The maximum absolute atomic E-state index is 7.24. The third-order valence-corrected chi connectivity index (χ3v) is 14.4. The van der Waals surface area contributed by atoms with Crippen molar-refractivity contribution in [3.8, 4) is 0 Å². The van der Waals surface area contributed by atoms with Gasteiger partial charge in [-0.05, 0) is 130 Å². The fourth-order valence-corrected chi connectivity index (χ4v) is 12.5. The van der Waals surface area contributed by atoms with Crippen LogP contribution in [-0.2, 0) is 0 Å². The lowest BCUT2D eigenvalue weighted by atomic mass is 9.40. The number of allylic oxidation sites excluding steroid dienone is 8. The maximum atomic E-state index is 7.24. The Morgan fingerprint density at radius 1 is 0.860 bits per heavy atom. The van der Waals surface area contributed by atoms with Gasteiger partial charge in [0.15, 0.2) is 0 Å². The highest BCUT2D eigenvalue weighted by Crippen LogP contribution is 2.69. The van der Waals surface area contributed by atoms with Gasteiger partial charge in [0, 0.05) is 5.41 Å². The molecule has 1 heteroatoms. The topological polar surface area (TPSA) is 0 Å². The van der Waals surface area contributed by atoms with Crippen LogP contribution in [0.2, 0.25) is 5.82 Å². The fraction of sp³-hybridized carbons (Fsp3) is 0.762. The average molecular weight is 579 g/mol. The molecule has 0 bridgehead atoms. The summed E-state index contributed by atoms with van der Waals surface area (Å²) in [6.45, 7) is 19.4. The van der Waals surface area contributed by atoms with Crippen LogP contribution in [0.25, 0.3) is 0 Å². The molecular weight excluding hydrogens is 515 g/mol. The molecule has 0 aromatic carbocycles. The molecule has 43 heavy (non-hydrogen) atoms. The number of fused-ring (bicyclic) bond motifs is 2. The second-order valence-electron chi connectivity index (χ2n) is 16.3. The summed E-state index contributed by atoms with van der Waals surface area (Å²) in [7, 11) is 7.24. The SMILES string of the molecule is [B]C1C2=C(CCCC2)C(C2C3=C(CCCC3)C(C(=C)CC(C)C=C)(C(C)C(C)CCC)C3CC=CC[C@@H]23)C2CCCCC12. The van der Waals surface area contributed by atoms with E-state index in [1.807, 2.05) is 16.7 Å². The molecule has 6 aliphatic carbocycles. The van der Waals surface area contributed by atoms with Crippen molar-refractivity contribution in [2.24, 2.45) is 58.7 Å². The van der Waals surface area contributed by atoms with Crippen molar-refractivity contribution in [1.29, 1.82) is 0 Å². The highest BCUT2D eigenvalue weighted by Gasteiger charge is 2.60. The van der Waals surface area contributed by atoms with Crippen molar-refractivity contribution in [2.75, 3.05) is 0 Å². The summed E-state index contributed by atoms with van der Waals surface area (Å²) in [6, 6.07) is 0. The molecule has 0 N–H and O–H groups in total. The molecular formula is C42H63B. The minimum absolute atomic E-state index is 0.133. The predicted octanol–water partition coefficient (Wildman–Crippen LogP) is 12.2. The Labute approximate surface area is 267 Å². The smallest absolute Gasteiger partial charge is 0.0763 e. The Hall–Kier alpha value is -1.24. The molecule has 0 spiro atoms. The highest BCUT2D eigenvalue weighted by molar-refractivity contribution is 6.14. The van der Waals surface area contributed by atoms with Crippen molar-refractivity contribution < 1.29 is 0 Å². The highest BCUT2D eigenvalue weighted by atomic mass is 14.6. The van der Waals surface area contributed by atoms with Gasteiger partial charge in [-0.15, -0.1) is 6.58 Å². The molecule has 6 aliphatic rings. The molecule has 1 saturated carbocycles. The van der Waals surface area contributed by atoms with E-state index in [0.29, 0.717) is 29.5 Å². The zero-order valence-electron chi connectivity index (χ0n) is 28.5. The monoisotopic (exact) mass is 579 g/mol. The van der Waals surface area contributed by atoms with Crippen LogP contribution in [0.1, 0.15) is 137 Å². The molecule has 10 unspecified atom stereocenters. The first kappa shape index (κ1) is 31.7. The van der Waals surface area contributed by atoms with E-state index in [1.165, 1.54) is 103 Å². The summed E-state index contributed by atoms with van der Waals surface area (Å²) in [5.74, 6) is 6.61. The van der Waals surface area contributed by atoms with Gasteiger partial charge in [0.25, 0.3) is 0 Å². The lowest BCUT2D eigenvalue weighted by Gasteiger charge is -2.63. The molecule has 0 aromatic rings. The minimum Gasteiger partial charge on any atom is -0.103 e. The Kier molecular flexibility index (Phi) is 9.77. The zero-order chi connectivity index (χ0) is 30.3. The van der Waals surface area contributed by atoms with Crippen LogP contribution >= 0.6 is 0 Å². The van der Waals surface area contributed by atoms with Crippen LogP contribution in [0, 0.1) is 58.7 Å². The third kappa shape index (κ3) is 5.27. The summed E-state index contributed by atoms with van der Waals surface area (Å²) in [5.41, 5.74) is 9.19. The summed E-state index contributed by atoms with van der Waals surface area (Å²) in [5, 5.41) is 0. The minimum atomic E-state index is 0.133. The summed E-state index contributed by atoms with van der Waals surface area (Å²) >= 11 is 0. The van der Waals surface area contributed by atoms with Crippen molar-refractivity contribution in [3.63, 3.8) is 0 Å². The van der Waals surface area contributed by atoms with Gasteiger partial charge >= 0.3 is 0 Å². The van der Waals surface area contributed by atoms with E-state index in [0.717, 1.165) is 36.0 Å². The summed E-state index contributed by atoms with van der Waals surface area (Å²) in [6.07, 6.45) is 30.0. The second kappa shape index (κ2) is 13.2. The van der Waals surface area contributed by atoms with Gasteiger partial charge in [0.05, 0.1) is 7.85 Å². The van der Waals surface area contributed by atoms with Crippen LogP contribution in [0.3, 0.4) is 0 Å². The van der Waals surface area contributed by atoms with Gasteiger partial charge in [-0.25, -0.2) is 0 Å². The summed E-state index contributed by atoms with van der Waals surface area (Å²) in [4.78, 5) is 0. The first-order chi connectivity index (χ1) is 20.9. The van der Waals surface area contributed by atoms with Crippen molar-refractivity contribution in [3.05, 3.63) is 59.3 Å². The van der Waals surface area contributed by atoms with Gasteiger partial charge in [-0.1, -0.05) is 118 Å². The van der Waals surface area contributed by atoms with Crippen LogP contribution in [0.4, 0.5) is 0 Å². The van der Waals surface area contributed by atoms with E-state index in [9.17, 15) is 0 Å². The second-order valence-corrected chi connectivity index (χ2v) is 16.3. The van der Waals surface area contributed by atoms with E-state index >= 15 is 0 Å². The first-order valence-corrected chi connectivity index (χ1v) is 19.0. The Balaban J connectivity index is 1.58. The van der Waals surface area contributed by atoms with Crippen molar-refractivity contribution in [2.45, 2.75) is 143 Å². The molecule has 0 nitrogen and oxygen atoms in total.